The zero-order valence-electron chi connectivity index (χ0n) is 12.8. The average Bonchev–Trinajstić information content (AvgIpc) is 2.48. The zero-order valence-corrected chi connectivity index (χ0v) is 12.8. The van der Waals surface area contributed by atoms with E-state index in [2.05, 4.69) is 10.2 Å². The quantitative estimate of drug-likeness (QED) is 0.846. The summed E-state index contributed by atoms with van der Waals surface area (Å²) in [6.45, 7) is 5.40. The van der Waals surface area contributed by atoms with Crippen LogP contribution in [0.5, 0.6) is 0 Å². The summed E-state index contributed by atoms with van der Waals surface area (Å²) >= 11 is 0. The number of aryl methyl sites for hydroxylation is 1. The van der Waals surface area contributed by atoms with Crippen LogP contribution in [0.3, 0.4) is 0 Å². The molecule has 116 valence electrons. The van der Waals surface area contributed by atoms with E-state index in [9.17, 15) is 4.79 Å². The summed E-state index contributed by atoms with van der Waals surface area (Å²) in [4.78, 5) is 14.3. The molecule has 0 spiro atoms. The highest BCUT2D eigenvalue weighted by Gasteiger charge is 2.18. The summed E-state index contributed by atoms with van der Waals surface area (Å²) in [6, 6.07) is 7.88. The Labute approximate surface area is 127 Å². The maximum absolute atomic E-state index is 11.9. The Bertz CT molecular complexity index is 454. The van der Waals surface area contributed by atoms with Gasteiger partial charge in [0.2, 0.25) is 5.91 Å². The zero-order chi connectivity index (χ0) is 15.1. The second kappa shape index (κ2) is 8.15. The SMILES string of the molecule is Cc1cccc(NC(=O)CCCN2CCC(CO)CC2)c1. The minimum absolute atomic E-state index is 0.0887. The summed E-state index contributed by atoms with van der Waals surface area (Å²) < 4.78 is 0. The van der Waals surface area contributed by atoms with E-state index in [0.29, 0.717) is 18.9 Å². The molecule has 0 aliphatic carbocycles. The fraction of sp³-hybridized carbons (Fsp3) is 0.588. The second-order valence-corrected chi connectivity index (χ2v) is 5.99. The second-order valence-electron chi connectivity index (χ2n) is 5.99. The molecule has 1 saturated heterocycles. The van der Waals surface area contributed by atoms with Gasteiger partial charge in [-0.3, -0.25) is 4.79 Å². The highest BCUT2D eigenvalue weighted by molar-refractivity contribution is 5.90. The number of hydrogen-bond acceptors (Lipinski definition) is 3. The van der Waals surface area contributed by atoms with Gasteiger partial charge in [-0.15, -0.1) is 0 Å². The molecule has 0 bridgehead atoms. The Balaban J connectivity index is 1.63. The van der Waals surface area contributed by atoms with Crippen molar-refractivity contribution in [3.8, 4) is 0 Å². The molecule has 1 aliphatic rings. The predicted octanol–water partition coefficient (Wildman–Crippen LogP) is 2.42. The van der Waals surface area contributed by atoms with Crippen molar-refractivity contribution in [3.63, 3.8) is 0 Å². The van der Waals surface area contributed by atoms with Crippen LogP contribution < -0.4 is 5.32 Å². The summed E-state index contributed by atoms with van der Waals surface area (Å²) in [5.41, 5.74) is 2.03. The molecule has 1 aliphatic heterocycles. The molecule has 21 heavy (non-hydrogen) atoms. The van der Waals surface area contributed by atoms with Crippen molar-refractivity contribution < 1.29 is 9.90 Å². The van der Waals surface area contributed by atoms with Crippen LogP contribution in [0.25, 0.3) is 0 Å². The number of hydrogen-bond donors (Lipinski definition) is 2. The lowest BCUT2D eigenvalue weighted by molar-refractivity contribution is -0.116. The number of carbonyl (C=O) groups excluding carboxylic acids is 1. The molecule has 4 heteroatoms. The molecule has 4 nitrogen and oxygen atoms in total. The van der Waals surface area contributed by atoms with Gasteiger partial charge >= 0.3 is 0 Å². The first-order valence-corrected chi connectivity index (χ1v) is 7.87. The van der Waals surface area contributed by atoms with Crippen LogP contribution in [0.15, 0.2) is 24.3 Å². The fourth-order valence-electron chi connectivity index (χ4n) is 2.80. The maximum Gasteiger partial charge on any atom is 0.224 e. The number of piperidine rings is 1. The minimum atomic E-state index is 0.0887. The van der Waals surface area contributed by atoms with Gasteiger partial charge in [0.25, 0.3) is 0 Å². The molecule has 2 N–H and O–H groups in total. The van der Waals surface area contributed by atoms with Crippen molar-refractivity contribution in [3.05, 3.63) is 29.8 Å². The van der Waals surface area contributed by atoms with Gasteiger partial charge in [-0.25, -0.2) is 0 Å². The largest absolute Gasteiger partial charge is 0.396 e. The highest BCUT2D eigenvalue weighted by Crippen LogP contribution is 2.16. The molecule has 1 aromatic rings. The van der Waals surface area contributed by atoms with Crippen LogP contribution in [0.1, 0.15) is 31.2 Å². The fourth-order valence-corrected chi connectivity index (χ4v) is 2.80. The summed E-state index contributed by atoms with van der Waals surface area (Å²) in [5.74, 6) is 0.566. The van der Waals surface area contributed by atoms with Crippen LogP contribution in [0.4, 0.5) is 5.69 Å². The Morgan fingerprint density at radius 3 is 2.81 bits per heavy atom. The van der Waals surface area contributed by atoms with E-state index in [-0.39, 0.29) is 5.91 Å². The standard InChI is InChI=1S/C17H26N2O2/c1-14-4-2-5-16(12-14)18-17(21)6-3-9-19-10-7-15(13-20)8-11-19/h2,4-5,12,15,20H,3,6-11,13H2,1H3,(H,18,21). The monoisotopic (exact) mass is 290 g/mol. The van der Waals surface area contributed by atoms with Gasteiger partial charge in [0.15, 0.2) is 0 Å². The number of carbonyl (C=O) groups is 1. The van der Waals surface area contributed by atoms with Gasteiger partial charge in [-0.05, 0) is 69.4 Å². The third-order valence-corrected chi connectivity index (χ3v) is 4.15. The molecule has 0 aromatic heterocycles. The van der Waals surface area contributed by atoms with E-state index in [0.717, 1.165) is 50.1 Å². The van der Waals surface area contributed by atoms with Crippen molar-refractivity contribution in [2.45, 2.75) is 32.6 Å². The topological polar surface area (TPSA) is 52.6 Å². The Kier molecular flexibility index (Phi) is 6.21. The van der Waals surface area contributed by atoms with E-state index in [1.807, 2.05) is 31.2 Å². The smallest absolute Gasteiger partial charge is 0.224 e. The van der Waals surface area contributed by atoms with Gasteiger partial charge in [0, 0.05) is 18.7 Å². The number of aliphatic hydroxyl groups excluding tert-OH is 1. The molecule has 0 radical (unpaired) electrons. The molecular weight excluding hydrogens is 264 g/mol. The molecule has 1 amide bonds. The van der Waals surface area contributed by atoms with Crippen LogP contribution in [-0.2, 0) is 4.79 Å². The van der Waals surface area contributed by atoms with Gasteiger partial charge in [-0.2, -0.15) is 0 Å². The van der Waals surface area contributed by atoms with Crippen molar-refractivity contribution in [2.24, 2.45) is 5.92 Å². The lowest BCUT2D eigenvalue weighted by atomic mass is 9.98. The molecule has 0 saturated carbocycles. The van der Waals surface area contributed by atoms with Crippen LogP contribution in [0, 0.1) is 12.8 Å². The number of likely N-dealkylation sites (tertiary alicyclic amines) is 1. The van der Waals surface area contributed by atoms with Crippen LogP contribution in [-0.4, -0.2) is 42.2 Å². The minimum Gasteiger partial charge on any atom is -0.396 e. The summed E-state index contributed by atoms with van der Waals surface area (Å²) in [6.07, 6.45) is 3.60. The predicted molar refractivity (Wildman–Crippen MR) is 85.3 cm³/mol. The van der Waals surface area contributed by atoms with Gasteiger partial charge in [0.1, 0.15) is 0 Å². The first kappa shape index (κ1) is 16.0. The number of amides is 1. The van der Waals surface area contributed by atoms with Gasteiger partial charge in [-0.1, -0.05) is 12.1 Å². The normalized spacial score (nSPS) is 16.9. The summed E-state index contributed by atoms with van der Waals surface area (Å²) in [7, 11) is 0. The Hall–Kier alpha value is -1.39. The van der Waals surface area contributed by atoms with E-state index in [4.69, 9.17) is 5.11 Å². The molecule has 0 atom stereocenters. The van der Waals surface area contributed by atoms with E-state index >= 15 is 0 Å². The number of rotatable bonds is 6. The van der Waals surface area contributed by atoms with Crippen molar-refractivity contribution >= 4 is 11.6 Å². The number of anilines is 1. The first-order chi connectivity index (χ1) is 10.2. The molecule has 1 heterocycles. The molecule has 2 rings (SSSR count). The van der Waals surface area contributed by atoms with Crippen LogP contribution in [0.2, 0.25) is 0 Å². The van der Waals surface area contributed by atoms with Gasteiger partial charge < -0.3 is 15.3 Å². The Morgan fingerprint density at radius 2 is 2.14 bits per heavy atom. The van der Waals surface area contributed by atoms with Crippen molar-refractivity contribution in [1.29, 1.82) is 0 Å². The van der Waals surface area contributed by atoms with Crippen molar-refractivity contribution in [1.82, 2.24) is 4.90 Å². The molecule has 1 aromatic carbocycles. The van der Waals surface area contributed by atoms with E-state index in [1.54, 1.807) is 0 Å². The lowest BCUT2D eigenvalue weighted by Gasteiger charge is -2.30. The Morgan fingerprint density at radius 1 is 1.38 bits per heavy atom. The number of aliphatic hydroxyl groups is 1. The summed E-state index contributed by atoms with van der Waals surface area (Å²) in [5, 5.41) is 12.1. The van der Waals surface area contributed by atoms with Crippen LogP contribution >= 0.6 is 0 Å². The highest BCUT2D eigenvalue weighted by atomic mass is 16.3. The molecule has 0 unspecified atom stereocenters. The average molecular weight is 290 g/mol. The first-order valence-electron chi connectivity index (χ1n) is 7.87. The third-order valence-electron chi connectivity index (χ3n) is 4.15. The molecular formula is C17H26N2O2. The van der Waals surface area contributed by atoms with E-state index in [1.165, 1.54) is 0 Å². The van der Waals surface area contributed by atoms with Gasteiger partial charge in [0.05, 0.1) is 0 Å². The maximum atomic E-state index is 11.9. The molecule has 1 fully saturated rings. The third kappa shape index (κ3) is 5.48. The van der Waals surface area contributed by atoms with Crippen molar-refractivity contribution in [2.75, 3.05) is 31.6 Å². The number of nitrogens with zero attached hydrogens (tertiary/aromatic N) is 1. The lowest BCUT2D eigenvalue weighted by Crippen LogP contribution is -2.35. The number of benzene rings is 1. The van der Waals surface area contributed by atoms with E-state index < -0.39 is 0 Å². The number of nitrogens with one attached hydrogen (secondary N) is 1.